The number of nitrogens with zero attached hydrogens (tertiary/aromatic N) is 2. The normalized spacial score (nSPS) is 10.6. The molecule has 2 aromatic carbocycles. The van der Waals surface area contributed by atoms with Gasteiger partial charge < -0.3 is 14.5 Å². The molecule has 3 aromatic rings. The van der Waals surface area contributed by atoms with Crippen molar-refractivity contribution in [3.8, 4) is 17.2 Å². The van der Waals surface area contributed by atoms with Crippen molar-refractivity contribution in [2.75, 3.05) is 12.4 Å². The van der Waals surface area contributed by atoms with Crippen molar-refractivity contribution in [2.24, 2.45) is 0 Å². The van der Waals surface area contributed by atoms with Crippen LogP contribution < -0.4 is 10.1 Å². The van der Waals surface area contributed by atoms with Crippen molar-refractivity contribution in [2.45, 2.75) is 6.54 Å². The van der Waals surface area contributed by atoms with Gasteiger partial charge in [0.25, 0.3) is 0 Å². The summed E-state index contributed by atoms with van der Waals surface area (Å²) < 4.78 is 11.8. The minimum Gasteiger partial charge on any atom is -0.497 e. The van der Waals surface area contributed by atoms with E-state index in [2.05, 4.69) is 31.4 Å². The van der Waals surface area contributed by atoms with Crippen LogP contribution in [0.1, 0.15) is 5.89 Å². The smallest absolute Gasteiger partial charge is 0.247 e. The summed E-state index contributed by atoms with van der Waals surface area (Å²) in [7, 11) is 1.63. The molecule has 0 atom stereocenters. The van der Waals surface area contributed by atoms with Gasteiger partial charge in [-0.05, 0) is 52.3 Å². The van der Waals surface area contributed by atoms with Gasteiger partial charge in [0.15, 0.2) is 0 Å². The van der Waals surface area contributed by atoms with E-state index in [1.54, 1.807) is 19.2 Å². The minimum atomic E-state index is 0.409. The minimum absolute atomic E-state index is 0.409. The van der Waals surface area contributed by atoms with Crippen molar-refractivity contribution in [3.63, 3.8) is 0 Å². The Bertz CT molecular complexity index is 805. The molecule has 1 heterocycles. The van der Waals surface area contributed by atoms with E-state index in [-0.39, 0.29) is 0 Å². The molecule has 0 radical (unpaired) electrons. The predicted octanol–water partition coefficient (Wildman–Crippen LogP) is 4.77. The Kier molecular flexibility index (Phi) is 4.83. The summed E-state index contributed by atoms with van der Waals surface area (Å²) in [6.07, 6.45) is 0. The summed E-state index contributed by atoms with van der Waals surface area (Å²) in [4.78, 5) is 0. The Morgan fingerprint density at radius 1 is 1.17 bits per heavy atom. The zero-order valence-corrected chi connectivity index (χ0v) is 14.6. The third-order valence-electron chi connectivity index (χ3n) is 3.16. The van der Waals surface area contributed by atoms with Crippen LogP contribution in [0.3, 0.4) is 0 Å². The van der Waals surface area contributed by atoms with E-state index in [0.717, 1.165) is 21.5 Å². The lowest BCUT2D eigenvalue weighted by Crippen LogP contribution is -2.00. The van der Waals surface area contributed by atoms with Gasteiger partial charge in [-0.3, -0.25) is 0 Å². The molecule has 118 valence electrons. The van der Waals surface area contributed by atoms with E-state index in [1.807, 2.05) is 30.3 Å². The number of rotatable bonds is 5. The number of methoxy groups -OCH3 is 1. The largest absolute Gasteiger partial charge is 0.497 e. The highest BCUT2D eigenvalue weighted by atomic mass is 79.9. The lowest BCUT2D eigenvalue weighted by molar-refractivity contribution is 0.415. The molecule has 1 N–H and O–H groups in total. The zero-order chi connectivity index (χ0) is 16.2. The highest BCUT2D eigenvalue weighted by molar-refractivity contribution is 9.10. The van der Waals surface area contributed by atoms with Crippen LogP contribution in [0.4, 0.5) is 5.69 Å². The van der Waals surface area contributed by atoms with E-state index < -0.39 is 0 Å². The number of nitrogens with one attached hydrogen (secondary N) is 1. The summed E-state index contributed by atoms with van der Waals surface area (Å²) in [6.45, 7) is 0.409. The van der Waals surface area contributed by atoms with Gasteiger partial charge in [-0.15, -0.1) is 10.2 Å². The molecule has 0 aliphatic rings. The Morgan fingerprint density at radius 2 is 1.96 bits per heavy atom. The van der Waals surface area contributed by atoms with Crippen LogP contribution in [-0.2, 0) is 6.54 Å². The Balaban J connectivity index is 1.71. The fraction of sp³-hybridized carbons (Fsp3) is 0.125. The van der Waals surface area contributed by atoms with Gasteiger partial charge >= 0.3 is 0 Å². The molecule has 5 nitrogen and oxygen atoms in total. The average Bonchev–Trinajstić information content (AvgIpc) is 3.04. The highest BCUT2D eigenvalue weighted by Crippen LogP contribution is 2.27. The van der Waals surface area contributed by atoms with Crippen molar-refractivity contribution in [1.82, 2.24) is 10.2 Å². The summed E-state index contributed by atoms with van der Waals surface area (Å²) in [5.41, 5.74) is 1.71. The molecule has 0 spiro atoms. The second-order valence-electron chi connectivity index (χ2n) is 4.71. The Hall–Kier alpha value is -2.05. The molecule has 0 aliphatic carbocycles. The quantitative estimate of drug-likeness (QED) is 0.675. The second-order valence-corrected chi connectivity index (χ2v) is 6.00. The standard InChI is InChI=1S/C16H13BrClN3O2/c1-22-12-6-7-13(17)14(8-12)19-9-15-20-21-16(23-15)10-2-4-11(18)5-3-10/h2-8,19H,9H2,1H3. The van der Waals surface area contributed by atoms with E-state index in [0.29, 0.717) is 23.3 Å². The van der Waals surface area contributed by atoms with E-state index >= 15 is 0 Å². The lowest BCUT2D eigenvalue weighted by Gasteiger charge is -2.08. The maximum absolute atomic E-state index is 5.87. The van der Waals surface area contributed by atoms with Crippen molar-refractivity contribution >= 4 is 33.2 Å². The van der Waals surface area contributed by atoms with E-state index in [9.17, 15) is 0 Å². The fourth-order valence-electron chi connectivity index (χ4n) is 1.97. The van der Waals surface area contributed by atoms with Gasteiger partial charge in [-0.2, -0.15) is 0 Å². The molecule has 1 aromatic heterocycles. The maximum Gasteiger partial charge on any atom is 0.247 e. The summed E-state index contributed by atoms with van der Waals surface area (Å²) in [5.74, 6) is 1.72. The number of hydrogen-bond donors (Lipinski definition) is 1. The molecule has 0 fully saturated rings. The van der Waals surface area contributed by atoms with E-state index in [4.69, 9.17) is 20.8 Å². The van der Waals surface area contributed by atoms with Crippen molar-refractivity contribution in [1.29, 1.82) is 0 Å². The first-order valence-corrected chi connectivity index (χ1v) is 7.98. The zero-order valence-electron chi connectivity index (χ0n) is 12.2. The number of benzene rings is 2. The summed E-state index contributed by atoms with van der Waals surface area (Å²) in [6, 6.07) is 12.9. The van der Waals surface area contributed by atoms with Crippen LogP contribution in [0.2, 0.25) is 5.02 Å². The lowest BCUT2D eigenvalue weighted by atomic mass is 10.2. The number of anilines is 1. The van der Waals surface area contributed by atoms with Crippen LogP contribution in [-0.4, -0.2) is 17.3 Å². The summed E-state index contributed by atoms with van der Waals surface area (Å²) in [5, 5.41) is 12.0. The third kappa shape index (κ3) is 3.83. The van der Waals surface area contributed by atoms with Crippen LogP contribution in [0, 0.1) is 0 Å². The number of ether oxygens (including phenoxy) is 1. The second kappa shape index (κ2) is 7.02. The summed E-state index contributed by atoms with van der Waals surface area (Å²) >= 11 is 9.35. The van der Waals surface area contributed by atoms with Gasteiger partial charge in [0.05, 0.1) is 19.3 Å². The number of halogens is 2. The highest BCUT2D eigenvalue weighted by Gasteiger charge is 2.09. The van der Waals surface area contributed by atoms with Gasteiger partial charge in [-0.25, -0.2) is 0 Å². The molecule has 7 heteroatoms. The molecule has 0 bridgehead atoms. The van der Waals surface area contributed by atoms with Gasteiger partial charge in [0, 0.05) is 21.1 Å². The first-order valence-electron chi connectivity index (χ1n) is 6.81. The Morgan fingerprint density at radius 3 is 2.70 bits per heavy atom. The van der Waals surface area contributed by atoms with Crippen LogP contribution in [0.15, 0.2) is 51.4 Å². The molecule has 0 unspecified atom stereocenters. The SMILES string of the molecule is COc1ccc(Br)c(NCc2nnc(-c3ccc(Cl)cc3)o2)c1. The topological polar surface area (TPSA) is 60.2 Å². The molecular weight excluding hydrogens is 382 g/mol. The fourth-order valence-corrected chi connectivity index (χ4v) is 2.48. The van der Waals surface area contributed by atoms with Gasteiger partial charge in [-0.1, -0.05) is 11.6 Å². The Labute approximate surface area is 146 Å². The number of hydrogen-bond acceptors (Lipinski definition) is 5. The van der Waals surface area contributed by atoms with Crippen LogP contribution in [0.25, 0.3) is 11.5 Å². The molecular formula is C16H13BrClN3O2. The molecule has 3 rings (SSSR count). The van der Waals surface area contributed by atoms with Crippen LogP contribution >= 0.6 is 27.5 Å². The maximum atomic E-state index is 5.87. The first-order chi connectivity index (χ1) is 11.2. The van der Waals surface area contributed by atoms with Gasteiger partial charge in [0.1, 0.15) is 5.75 Å². The number of aromatic nitrogens is 2. The molecule has 23 heavy (non-hydrogen) atoms. The van der Waals surface area contributed by atoms with Gasteiger partial charge in [0.2, 0.25) is 11.8 Å². The molecule has 0 saturated heterocycles. The van der Waals surface area contributed by atoms with Crippen LogP contribution in [0.5, 0.6) is 5.75 Å². The molecule has 0 saturated carbocycles. The molecule has 0 aliphatic heterocycles. The third-order valence-corrected chi connectivity index (χ3v) is 4.11. The average molecular weight is 395 g/mol. The molecule has 0 amide bonds. The monoisotopic (exact) mass is 393 g/mol. The van der Waals surface area contributed by atoms with E-state index in [1.165, 1.54) is 0 Å². The van der Waals surface area contributed by atoms with Crippen molar-refractivity contribution < 1.29 is 9.15 Å². The first kappa shape index (κ1) is 15.8. The van der Waals surface area contributed by atoms with Crippen molar-refractivity contribution in [3.05, 3.63) is 57.9 Å². The predicted molar refractivity (Wildman–Crippen MR) is 92.8 cm³/mol.